The van der Waals surface area contributed by atoms with E-state index in [4.69, 9.17) is 4.74 Å². The molecular formula is C22H24FNO3. The Morgan fingerprint density at radius 3 is 1.96 bits per heavy atom. The molecule has 27 heavy (non-hydrogen) atoms. The Morgan fingerprint density at radius 1 is 0.926 bits per heavy atom. The van der Waals surface area contributed by atoms with Crippen LogP contribution in [0.4, 0.5) is 4.39 Å². The Hall–Kier alpha value is -2.69. The van der Waals surface area contributed by atoms with Crippen molar-refractivity contribution in [3.63, 3.8) is 0 Å². The molecule has 0 saturated carbocycles. The first-order valence-electron chi connectivity index (χ1n) is 9.29. The smallest absolute Gasteiger partial charge is 0.229 e. The average Bonchev–Trinajstić information content (AvgIpc) is 2.96. The van der Waals surface area contributed by atoms with Crippen LogP contribution < -0.4 is 4.74 Å². The molecule has 1 saturated heterocycles. The highest BCUT2D eigenvalue weighted by molar-refractivity contribution is 6.01. The van der Waals surface area contributed by atoms with Crippen molar-refractivity contribution in [3.8, 4) is 5.75 Å². The van der Waals surface area contributed by atoms with Gasteiger partial charge >= 0.3 is 0 Å². The van der Waals surface area contributed by atoms with Gasteiger partial charge in [0.15, 0.2) is 0 Å². The highest BCUT2D eigenvalue weighted by Crippen LogP contribution is 2.30. The van der Waals surface area contributed by atoms with Crippen molar-refractivity contribution in [2.24, 2.45) is 0 Å². The van der Waals surface area contributed by atoms with Crippen molar-refractivity contribution in [1.29, 1.82) is 0 Å². The molecule has 5 heteroatoms. The number of benzene rings is 2. The lowest BCUT2D eigenvalue weighted by Gasteiger charge is -2.22. The summed E-state index contributed by atoms with van der Waals surface area (Å²) in [5, 5.41) is 0. The van der Waals surface area contributed by atoms with Crippen molar-refractivity contribution < 1.29 is 18.7 Å². The number of hydrogen-bond acceptors (Lipinski definition) is 3. The molecule has 1 aliphatic heterocycles. The van der Waals surface area contributed by atoms with Crippen molar-refractivity contribution >= 4 is 11.8 Å². The highest BCUT2D eigenvalue weighted by Gasteiger charge is 2.29. The predicted molar refractivity (Wildman–Crippen MR) is 101 cm³/mol. The van der Waals surface area contributed by atoms with Gasteiger partial charge in [0.25, 0.3) is 0 Å². The number of rotatable bonds is 7. The molecule has 1 aliphatic rings. The van der Waals surface area contributed by atoms with Gasteiger partial charge in [0.1, 0.15) is 11.6 Å². The van der Waals surface area contributed by atoms with Gasteiger partial charge in [-0.05, 0) is 55.7 Å². The lowest BCUT2D eigenvalue weighted by atomic mass is 9.88. The number of carbonyl (C=O) groups excluding carboxylic acids is 2. The minimum absolute atomic E-state index is 0.0418. The Balaban J connectivity index is 1.82. The molecule has 1 fully saturated rings. The zero-order valence-electron chi connectivity index (χ0n) is 15.7. The van der Waals surface area contributed by atoms with Gasteiger partial charge in [0.05, 0.1) is 6.10 Å². The number of nitrogens with zero attached hydrogens (tertiary/aromatic N) is 1. The van der Waals surface area contributed by atoms with E-state index in [1.807, 2.05) is 38.1 Å². The summed E-state index contributed by atoms with van der Waals surface area (Å²) < 4.78 is 19.0. The zero-order valence-corrected chi connectivity index (χ0v) is 15.7. The van der Waals surface area contributed by atoms with E-state index in [0.717, 1.165) is 16.9 Å². The molecular weight excluding hydrogens is 345 g/mol. The predicted octanol–water partition coefficient (Wildman–Crippen LogP) is 4.28. The Morgan fingerprint density at radius 2 is 1.44 bits per heavy atom. The topological polar surface area (TPSA) is 46.6 Å². The van der Waals surface area contributed by atoms with E-state index in [1.54, 1.807) is 12.1 Å². The maximum atomic E-state index is 13.3. The van der Waals surface area contributed by atoms with Crippen molar-refractivity contribution in [2.45, 2.75) is 45.1 Å². The third-order valence-corrected chi connectivity index (χ3v) is 4.72. The molecule has 0 bridgehead atoms. The summed E-state index contributed by atoms with van der Waals surface area (Å²) in [4.78, 5) is 25.1. The van der Waals surface area contributed by atoms with Crippen LogP contribution in [-0.2, 0) is 9.59 Å². The van der Waals surface area contributed by atoms with Gasteiger partial charge in [0.2, 0.25) is 11.8 Å². The number of imide groups is 1. The standard InChI is InChI=1S/C22H24FNO3/c1-15(2)27-19-9-5-17(6-10-19)20(16-3-7-18(23)8-4-16)13-14-24-21(25)11-12-22(24)26/h3-10,15,20H,11-14H2,1-2H3. The first-order valence-corrected chi connectivity index (χ1v) is 9.29. The fraction of sp³-hybridized carbons (Fsp3) is 0.364. The molecule has 0 N–H and O–H groups in total. The van der Waals surface area contributed by atoms with Gasteiger partial charge in [-0.2, -0.15) is 0 Å². The normalized spacial score (nSPS) is 15.5. The SMILES string of the molecule is CC(C)Oc1ccc(C(CCN2C(=O)CCC2=O)c2ccc(F)cc2)cc1. The van der Waals surface area contributed by atoms with E-state index in [9.17, 15) is 14.0 Å². The van der Waals surface area contributed by atoms with E-state index in [0.29, 0.717) is 25.8 Å². The second-order valence-electron chi connectivity index (χ2n) is 7.07. The van der Waals surface area contributed by atoms with Gasteiger partial charge in [-0.25, -0.2) is 4.39 Å². The molecule has 2 aromatic rings. The van der Waals surface area contributed by atoms with Gasteiger partial charge in [-0.1, -0.05) is 24.3 Å². The van der Waals surface area contributed by atoms with Crippen LogP contribution in [-0.4, -0.2) is 29.4 Å². The van der Waals surface area contributed by atoms with Crippen molar-refractivity contribution in [3.05, 3.63) is 65.5 Å². The molecule has 1 unspecified atom stereocenters. The van der Waals surface area contributed by atoms with Crippen molar-refractivity contribution in [2.75, 3.05) is 6.54 Å². The number of ether oxygens (including phenoxy) is 1. The van der Waals surface area contributed by atoms with Gasteiger partial charge in [0, 0.05) is 25.3 Å². The zero-order chi connectivity index (χ0) is 19.4. The summed E-state index contributed by atoms with van der Waals surface area (Å²) in [6, 6.07) is 14.2. The molecule has 3 rings (SSSR count). The Kier molecular flexibility index (Phi) is 5.89. The molecule has 2 amide bonds. The second kappa shape index (κ2) is 8.33. The van der Waals surface area contributed by atoms with E-state index in [-0.39, 0.29) is 29.7 Å². The summed E-state index contributed by atoms with van der Waals surface area (Å²) in [7, 11) is 0. The lowest BCUT2D eigenvalue weighted by Crippen LogP contribution is -2.31. The Labute approximate surface area is 158 Å². The Bertz CT molecular complexity index is 783. The number of halogens is 1. The van der Waals surface area contributed by atoms with Gasteiger partial charge < -0.3 is 4.74 Å². The van der Waals surface area contributed by atoms with E-state index >= 15 is 0 Å². The summed E-state index contributed by atoms with van der Waals surface area (Å²) in [5.41, 5.74) is 1.99. The molecule has 4 nitrogen and oxygen atoms in total. The number of amides is 2. The number of carbonyl (C=O) groups is 2. The minimum atomic E-state index is -0.289. The highest BCUT2D eigenvalue weighted by atomic mass is 19.1. The number of likely N-dealkylation sites (tertiary alicyclic amines) is 1. The maximum Gasteiger partial charge on any atom is 0.229 e. The summed E-state index contributed by atoms with van der Waals surface area (Å²) in [6.07, 6.45) is 1.27. The lowest BCUT2D eigenvalue weighted by molar-refractivity contribution is -0.138. The van der Waals surface area contributed by atoms with Crippen LogP contribution in [0.2, 0.25) is 0 Å². The third kappa shape index (κ3) is 4.73. The molecule has 1 atom stereocenters. The molecule has 142 valence electrons. The molecule has 1 heterocycles. The van der Waals surface area contributed by atoms with E-state index in [2.05, 4.69) is 0 Å². The van der Waals surface area contributed by atoms with Crippen LogP contribution >= 0.6 is 0 Å². The molecule has 2 aromatic carbocycles. The summed E-state index contributed by atoms with van der Waals surface area (Å²) in [5.74, 6) is 0.233. The van der Waals surface area contributed by atoms with E-state index in [1.165, 1.54) is 17.0 Å². The van der Waals surface area contributed by atoms with Crippen LogP contribution in [0.15, 0.2) is 48.5 Å². The van der Waals surface area contributed by atoms with Crippen LogP contribution in [0.3, 0.4) is 0 Å². The van der Waals surface area contributed by atoms with Crippen LogP contribution in [0.25, 0.3) is 0 Å². The van der Waals surface area contributed by atoms with Gasteiger partial charge in [-0.3, -0.25) is 14.5 Å². The van der Waals surface area contributed by atoms with Gasteiger partial charge in [-0.15, -0.1) is 0 Å². The summed E-state index contributed by atoms with van der Waals surface area (Å²) in [6.45, 7) is 4.31. The van der Waals surface area contributed by atoms with Crippen molar-refractivity contribution in [1.82, 2.24) is 4.90 Å². The summed E-state index contributed by atoms with van der Waals surface area (Å²) >= 11 is 0. The third-order valence-electron chi connectivity index (χ3n) is 4.72. The maximum absolute atomic E-state index is 13.3. The molecule has 0 radical (unpaired) electrons. The van der Waals surface area contributed by atoms with Crippen LogP contribution in [0.5, 0.6) is 5.75 Å². The van der Waals surface area contributed by atoms with Crippen LogP contribution in [0.1, 0.15) is 50.2 Å². The number of hydrogen-bond donors (Lipinski definition) is 0. The largest absolute Gasteiger partial charge is 0.491 e. The molecule has 0 aliphatic carbocycles. The quantitative estimate of drug-likeness (QED) is 0.684. The van der Waals surface area contributed by atoms with Crippen LogP contribution in [0, 0.1) is 5.82 Å². The first kappa shape index (κ1) is 19.1. The molecule has 0 aromatic heterocycles. The second-order valence-corrected chi connectivity index (χ2v) is 7.07. The first-order chi connectivity index (χ1) is 12.9. The fourth-order valence-electron chi connectivity index (χ4n) is 3.40. The average molecular weight is 369 g/mol. The molecule has 0 spiro atoms. The van der Waals surface area contributed by atoms with E-state index < -0.39 is 0 Å². The minimum Gasteiger partial charge on any atom is -0.491 e. The fourth-order valence-corrected chi connectivity index (χ4v) is 3.40. The monoisotopic (exact) mass is 369 g/mol.